The molecule has 0 amide bonds. The van der Waals surface area contributed by atoms with Gasteiger partial charge in [0.1, 0.15) is 0 Å². The number of hydrogen-bond donors (Lipinski definition) is 1. The number of rotatable bonds is 3. The average molecular weight is 212 g/mol. The molecule has 0 bridgehead atoms. The summed E-state index contributed by atoms with van der Waals surface area (Å²) in [5.41, 5.74) is 5.04. The Morgan fingerprint density at radius 2 is 2.12 bits per heavy atom. The smallest absolute Gasteiger partial charge is 0.0346 e. The van der Waals surface area contributed by atoms with Crippen LogP contribution in [0, 0.1) is 6.92 Å². The van der Waals surface area contributed by atoms with E-state index in [-0.39, 0.29) is 0 Å². The number of nitrogens with one attached hydrogen (secondary N) is 1. The molecular formula is C14H16N2. The molecule has 1 N–H and O–H groups in total. The molecule has 0 atom stereocenters. The maximum Gasteiger partial charge on any atom is 0.0346 e. The second-order valence-corrected chi connectivity index (χ2v) is 3.92. The lowest BCUT2D eigenvalue weighted by atomic mass is 10.00. The van der Waals surface area contributed by atoms with Crippen LogP contribution in [0.25, 0.3) is 11.1 Å². The number of aromatic nitrogens is 1. The van der Waals surface area contributed by atoms with Crippen LogP contribution in [0.4, 0.5) is 0 Å². The Morgan fingerprint density at radius 3 is 2.75 bits per heavy atom. The molecule has 0 aliphatic carbocycles. The zero-order valence-electron chi connectivity index (χ0n) is 9.70. The maximum atomic E-state index is 4.15. The first kappa shape index (κ1) is 10.8. The van der Waals surface area contributed by atoms with E-state index in [4.69, 9.17) is 0 Å². The second-order valence-electron chi connectivity index (χ2n) is 3.92. The minimum Gasteiger partial charge on any atom is -0.316 e. The van der Waals surface area contributed by atoms with E-state index in [1.54, 1.807) is 6.20 Å². The molecule has 2 aromatic rings. The van der Waals surface area contributed by atoms with Crippen molar-refractivity contribution in [1.29, 1.82) is 0 Å². The molecule has 0 fully saturated rings. The quantitative estimate of drug-likeness (QED) is 0.846. The molecule has 0 aliphatic rings. The first-order chi connectivity index (χ1) is 7.81. The van der Waals surface area contributed by atoms with Crippen molar-refractivity contribution in [3.8, 4) is 11.1 Å². The fourth-order valence-electron chi connectivity index (χ4n) is 1.89. The summed E-state index contributed by atoms with van der Waals surface area (Å²) in [6.45, 7) is 3.05. The van der Waals surface area contributed by atoms with Crippen molar-refractivity contribution in [2.45, 2.75) is 13.5 Å². The molecular weight excluding hydrogens is 196 g/mol. The van der Waals surface area contributed by atoms with Gasteiger partial charge in [0.25, 0.3) is 0 Å². The van der Waals surface area contributed by atoms with Crippen molar-refractivity contribution < 1.29 is 0 Å². The third kappa shape index (κ3) is 2.28. The summed E-state index contributed by atoms with van der Waals surface area (Å²) < 4.78 is 0. The van der Waals surface area contributed by atoms with Gasteiger partial charge in [0.15, 0.2) is 0 Å². The van der Waals surface area contributed by atoms with Crippen LogP contribution in [-0.4, -0.2) is 12.0 Å². The van der Waals surface area contributed by atoms with E-state index in [0.717, 1.165) is 6.54 Å². The van der Waals surface area contributed by atoms with Gasteiger partial charge in [-0.2, -0.15) is 0 Å². The average Bonchev–Trinajstić information content (AvgIpc) is 2.31. The lowest BCUT2D eigenvalue weighted by Crippen LogP contribution is -2.05. The van der Waals surface area contributed by atoms with E-state index in [1.807, 2.05) is 19.3 Å². The molecule has 2 nitrogen and oxygen atoms in total. The van der Waals surface area contributed by atoms with Gasteiger partial charge in [0, 0.05) is 24.5 Å². The summed E-state index contributed by atoms with van der Waals surface area (Å²) in [6, 6.07) is 10.6. The number of hydrogen-bond acceptors (Lipinski definition) is 2. The molecule has 0 saturated carbocycles. The standard InChI is InChI=1S/C14H16N2/c1-11-8-12(9-15-2)5-6-14(11)13-4-3-7-16-10-13/h3-8,10,15H,9H2,1-2H3. The molecule has 2 rings (SSSR count). The SMILES string of the molecule is CNCc1ccc(-c2cccnc2)c(C)c1. The van der Waals surface area contributed by atoms with Crippen LogP contribution in [0.15, 0.2) is 42.7 Å². The number of pyridine rings is 1. The lowest BCUT2D eigenvalue weighted by molar-refractivity contribution is 0.817. The van der Waals surface area contributed by atoms with Crippen molar-refractivity contribution >= 4 is 0 Å². The van der Waals surface area contributed by atoms with Gasteiger partial charge >= 0.3 is 0 Å². The predicted octanol–water partition coefficient (Wildman–Crippen LogP) is 2.78. The maximum absolute atomic E-state index is 4.15. The molecule has 1 aromatic heterocycles. The second kappa shape index (κ2) is 4.90. The Morgan fingerprint density at radius 1 is 1.25 bits per heavy atom. The van der Waals surface area contributed by atoms with Crippen LogP contribution in [0.5, 0.6) is 0 Å². The topological polar surface area (TPSA) is 24.9 Å². The molecule has 82 valence electrons. The van der Waals surface area contributed by atoms with Crippen molar-refractivity contribution in [2.75, 3.05) is 7.05 Å². The third-order valence-electron chi connectivity index (χ3n) is 2.64. The first-order valence-electron chi connectivity index (χ1n) is 5.46. The molecule has 0 saturated heterocycles. The summed E-state index contributed by atoms with van der Waals surface area (Å²) in [4.78, 5) is 4.15. The van der Waals surface area contributed by atoms with Crippen molar-refractivity contribution in [2.24, 2.45) is 0 Å². The van der Waals surface area contributed by atoms with Gasteiger partial charge in [-0.3, -0.25) is 4.98 Å². The van der Waals surface area contributed by atoms with E-state index in [2.05, 4.69) is 41.5 Å². The van der Waals surface area contributed by atoms with Gasteiger partial charge in [-0.15, -0.1) is 0 Å². The summed E-state index contributed by atoms with van der Waals surface area (Å²) in [5.74, 6) is 0. The summed E-state index contributed by atoms with van der Waals surface area (Å²) in [6.07, 6.45) is 3.70. The van der Waals surface area contributed by atoms with Crippen LogP contribution in [-0.2, 0) is 6.54 Å². The Hall–Kier alpha value is -1.67. The number of aryl methyl sites for hydroxylation is 1. The minimum atomic E-state index is 0.911. The highest BCUT2D eigenvalue weighted by atomic mass is 14.8. The van der Waals surface area contributed by atoms with E-state index in [0.29, 0.717) is 0 Å². The highest BCUT2D eigenvalue weighted by Crippen LogP contribution is 2.23. The van der Waals surface area contributed by atoms with Crippen molar-refractivity contribution in [3.63, 3.8) is 0 Å². The number of nitrogens with zero attached hydrogens (tertiary/aromatic N) is 1. The highest BCUT2D eigenvalue weighted by Gasteiger charge is 2.02. The van der Waals surface area contributed by atoms with E-state index in [1.165, 1.54) is 22.3 Å². The van der Waals surface area contributed by atoms with Gasteiger partial charge in [-0.05, 0) is 36.7 Å². The molecule has 1 heterocycles. The highest BCUT2D eigenvalue weighted by molar-refractivity contribution is 5.66. The first-order valence-corrected chi connectivity index (χ1v) is 5.46. The fourth-order valence-corrected chi connectivity index (χ4v) is 1.89. The summed E-state index contributed by atoms with van der Waals surface area (Å²) in [7, 11) is 1.96. The largest absolute Gasteiger partial charge is 0.316 e. The van der Waals surface area contributed by atoms with Crippen LogP contribution >= 0.6 is 0 Å². The van der Waals surface area contributed by atoms with Gasteiger partial charge in [0.2, 0.25) is 0 Å². The Balaban J connectivity index is 2.37. The van der Waals surface area contributed by atoms with E-state index < -0.39 is 0 Å². The van der Waals surface area contributed by atoms with Crippen LogP contribution in [0.1, 0.15) is 11.1 Å². The van der Waals surface area contributed by atoms with Gasteiger partial charge in [0.05, 0.1) is 0 Å². The molecule has 0 spiro atoms. The summed E-state index contributed by atoms with van der Waals surface area (Å²) in [5, 5.41) is 3.16. The molecule has 0 aliphatic heterocycles. The lowest BCUT2D eigenvalue weighted by Gasteiger charge is -2.08. The minimum absolute atomic E-state index is 0.911. The molecule has 1 aromatic carbocycles. The predicted molar refractivity (Wildman–Crippen MR) is 67.2 cm³/mol. The van der Waals surface area contributed by atoms with Gasteiger partial charge in [-0.1, -0.05) is 24.3 Å². The zero-order chi connectivity index (χ0) is 11.4. The molecule has 0 unspecified atom stereocenters. The molecule has 2 heteroatoms. The van der Waals surface area contributed by atoms with Crippen LogP contribution in [0.2, 0.25) is 0 Å². The Kier molecular flexibility index (Phi) is 3.32. The monoisotopic (exact) mass is 212 g/mol. The fraction of sp³-hybridized carbons (Fsp3) is 0.214. The Labute approximate surface area is 96.4 Å². The van der Waals surface area contributed by atoms with Crippen LogP contribution < -0.4 is 5.32 Å². The Bertz CT molecular complexity index is 463. The summed E-state index contributed by atoms with van der Waals surface area (Å²) >= 11 is 0. The zero-order valence-corrected chi connectivity index (χ0v) is 9.70. The van der Waals surface area contributed by atoms with Crippen molar-refractivity contribution in [1.82, 2.24) is 10.3 Å². The van der Waals surface area contributed by atoms with Gasteiger partial charge in [-0.25, -0.2) is 0 Å². The van der Waals surface area contributed by atoms with Crippen LogP contribution in [0.3, 0.4) is 0 Å². The number of benzene rings is 1. The van der Waals surface area contributed by atoms with Crippen molar-refractivity contribution in [3.05, 3.63) is 53.9 Å². The van der Waals surface area contributed by atoms with Gasteiger partial charge < -0.3 is 5.32 Å². The van der Waals surface area contributed by atoms with E-state index in [9.17, 15) is 0 Å². The third-order valence-corrected chi connectivity index (χ3v) is 2.64. The molecule has 16 heavy (non-hydrogen) atoms. The normalized spacial score (nSPS) is 10.4. The molecule has 0 radical (unpaired) electrons. The van der Waals surface area contributed by atoms with E-state index >= 15 is 0 Å².